The summed E-state index contributed by atoms with van der Waals surface area (Å²) in [4.78, 5) is 6.53. The number of fused-ring (bicyclic) bond motifs is 1. The first-order valence-electron chi connectivity index (χ1n) is 10.6. The van der Waals surface area contributed by atoms with Crippen molar-refractivity contribution in [3.05, 3.63) is 78.0 Å². The number of amidine groups is 1. The molecule has 2 N–H and O–H groups in total. The Kier molecular flexibility index (Phi) is 10.2. The van der Waals surface area contributed by atoms with Crippen LogP contribution in [0.4, 0.5) is 11.4 Å². The molecule has 2 aromatic carbocycles. The molecule has 0 saturated carbocycles. The van der Waals surface area contributed by atoms with Crippen molar-refractivity contribution in [2.24, 2.45) is 4.99 Å². The van der Waals surface area contributed by atoms with Crippen molar-refractivity contribution in [1.29, 1.82) is 0 Å². The molecule has 4 nitrogen and oxygen atoms in total. The van der Waals surface area contributed by atoms with Gasteiger partial charge >= 0.3 is 0 Å². The molecule has 166 valence electrons. The molecule has 3 rings (SSSR count). The number of allylic oxidation sites excluding steroid dienone is 1. The summed E-state index contributed by atoms with van der Waals surface area (Å²) in [6.45, 7) is 20.1. The molecule has 0 saturated heterocycles. The highest BCUT2D eigenvalue weighted by atomic mass is 32.1. The van der Waals surface area contributed by atoms with E-state index in [2.05, 4.69) is 47.5 Å². The number of aryl methyl sites for hydroxylation is 1. The average molecular weight is 437 g/mol. The summed E-state index contributed by atoms with van der Waals surface area (Å²) in [7, 11) is 1.77. The van der Waals surface area contributed by atoms with Gasteiger partial charge in [-0.15, -0.1) is 12.6 Å². The Labute approximate surface area is 193 Å². The topological polar surface area (TPSA) is 46.5 Å². The number of aliphatic imine (C=N–C) groups is 1. The van der Waals surface area contributed by atoms with Crippen LogP contribution in [-0.2, 0) is 0 Å². The summed E-state index contributed by atoms with van der Waals surface area (Å²) in [6, 6.07) is 14.0. The molecule has 0 fully saturated rings. The maximum absolute atomic E-state index is 5.92. The second-order valence-electron chi connectivity index (χ2n) is 6.50. The zero-order valence-corrected chi connectivity index (χ0v) is 20.8. The summed E-state index contributed by atoms with van der Waals surface area (Å²) >= 11 is 4.58. The highest BCUT2D eigenvalue weighted by Crippen LogP contribution is 2.33. The SMILES string of the molecule is C=C(S)N(C(=NC)c1ccc(N)cc1C)c1cccc2c1ccn2C(=C)C.CC.CC. The van der Waals surface area contributed by atoms with Gasteiger partial charge in [-0.3, -0.25) is 9.89 Å². The maximum atomic E-state index is 5.92. The van der Waals surface area contributed by atoms with E-state index in [1.54, 1.807) is 7.05 Å². The smallest absolute Gasteiger partial charge is 0.140 e. The summed E-state index contributed by atoms with van der Waals surface area (Å²) < 4.78 is 2.07. The third-order valence-corrected chi connectivity index (χ3v) is 4.74. The van der Waals surface area contributed by atoms with Crippen LogP contribution in [0, 0.1) is 6.92 Å². The van der Waals surface area contributed by atoms with Gasteiger partial charge in [-0.2, -0.15) is 0 Å². The lowest BCUT2D eigenvalue weighted by molar-refractivity contribution is 1.15. The zero-order chi connectivity index (χ0) is 23.7. The highest BCUT2D eigenvalue weighted by molar-refractivity contribution is 7.84. The molecule has 0 radical (unpaired) electrons. The number of nitrogens with two attached hydrogens (primary N) is 1. The van der Waals surface area contributed by atoms with Crippen molar-refractivity contribution in [2.75, 3.05) is 17.7 Å². The standard InChI is InChI=1S/C22H24N4S.2C2H6/c1-14(2)25-12-11-19-20(25)7-6-8-21(19)26(16(4)27)22(24-5)18-10-9-17(23)13-15(18)3;2*1-2/h6-13,27H,1,4,23H2,2-3,5H3;2*1-2H3. The Balaban J connectivity index is 0.00000113. The second-order valence-corrected chi connectivity index (χ2v) is 7.02. The van der Waals surface area contributed by atoms with Crippen molar-refractivity contribution in [3.8, 4) is 0 Å². The van der Waals surface area contributed by atoms with Gasteiger partial charge in [0, 0.05) is 35.6 Å². The fraction of sp³-hybridized carbons (Fsp3) is 0.269. The minimum absolute atomic E-state index is 0.586. The molecule has 0 aliphatic rings. The first-order valence-corrected chi connectivity index (χ1v) is 11.1. The van der Waals surface area contributed by atoms with E-state index in [0.717, 1.165) is 44.9 Å². The molecule has 0 aliphatic heterocycles. The van der Waals surface area contributed by atoms with Crippen LogP contribution < -0.4 is 10.6 Å². The van der Waals surface area contributed by atoms with Crippen LogP contribution in [0.5, 0.6) is 0 Å². The van der Waals surface area contributed by atoms with Crippen LogP contribution in [-0.4, -0.2) is 17.5 Å². The molecule has 0 bridgehead atoms. The van der Waals surface area contributed by atoms with Gasteiger partial charge in [-0.25, -0.2) is 0 Å². The summed E-state index contributed by atoms with van der Waals surface area (Å²) in [5.74, 6) is 0.767. The predicted octanol–water partition coefficient (Wildman–Crippen LogP) is 7.36. The van der Waals surface area contributed by atoms with E-state index in [9.17, 15) is 0 Å². The van der Waals surface area contributed by atoms with E-state index in [1.165, 1.54) is 0 Å². The maximum Gasteiger partial charge on any atom is 0.140 e. The number of anilines is 2. The van der Waals surface area contributed by atoms with Crippen LogP contribution in [0.15, 0.2) is 71.8 Å². The molecule has 0 aliphatic carbocycles. The minimum atomic E-state index is 0.586. The number of hydrogen-bond acceptors (Lipinski definition) is 3. The zero-order valence-electron chi connectivity index (χ0n) is 19.9. The molecule has 0 atom stereocenters. The lowest BCUT2D eigenvalue weighted by Gasteiger charge is -2.27. The molecule has 0 spiro atoms. The molecule has 5 heteroatoms. The molecular weight excluding hydrogens is 400 g/mol. The van der Waals surface area contributed by atoms with Crippen LogP contribution in [0.2, 0.25) is 0 Å². The molecule has 3 aromatic rings. The largest absolute Gasteiger partial charge is 0.399 e. The van der Waals surface area contributed by atoms with Gasteiger partial charge in [0.05, 0.1) is 16.2 Å². The monoisotopic (exact) mass is 436 g/mol. The number of hydrogen-bond donors (Lipinski definition) is 2. The number of nitrogen functional groups attached to an aromatic ring is 1. The predicted molar refractivity (Wildman–Crippen MR) is 144 cm³/mol. The van der Waals surface area contributed by atoms with Crippen LogP contribution in [0.1, 0.15) is 45.7 Å². The third-order valence-electron chi connectivity index (χ3n) is 4.54. The summed E-state index contributed by atoms with van der Waals surface area (Å²) in [5, 5.41) is 1.66. The lowest BCUT2D eigenvalue weighted by Crippen LogP contribution is -2.29. The summed E-state index contributed by atoms with van der Waals surface area (Å²) in [6.07, 6.45) is 2.02. The number of nitrogens with zero attached hydrogens (tertiary/aromatic N) is 3. The van der Waals surface area contributed by atoms with Crippen molar-refractivity contribution in [2.45, 2.75) is 41.5 Å². The van der Waals surface area contributed by atoms with Gasteiger partial charge in [0.2, 0.25) is 0 Å². The quantitative estimate of drug-likeness (QED) is 0.194. The first-order chi connectivity index (χ1) is 14.8. The van der Waals surface area contributed by atoms with E-state index in [4.69, 9.17) is 5.73 Å². The number of benzene rings is 2. The van der Waals surface area contributed by atoms with Gasteiger partial charge in [0.15, 0.2) is 0 Å². The number of rotatable bonds is 4. The van der Waals surface area contributed by atoms with Gasteiger partial charge < -0.3 is 10.3 Å². The van der Waals surface area contributed by atoms with E-state index < -0.39 is 0 Å². The molecule has 31 heavy (non-hydrogen) atoms. The normalized spacial score (nSPS) is 10.5. The Morgan fingerprint density at radius 1 is 1.06 bits per heavy atom. The Morgan fingerprint density at radius 3 is 2.23 bits per heavy atom. The minimum Gasteiger partial charge on any atom is -0.399 e. The van der Waals surface area contributed by atoms with Gasteiger partial charge in [-0.05, 0) is 55.8 Å². The molecule has 0 amide bonds. The van der Waals surface area contributed by atoms with E-state index >= 15 is 0 Å². The van der Waals surface area contributed by atoms with Crippen molar-refractivity contribution in [3.63, 3.8) is 0 Å². The van der Waals surface area contributed by atoms with Crippen LogP contribution in [0.25, 0.3) is 16.6 Å². The first kappa shape index (κ1) is 26.1. The van der Waals surface area contributed by atoms with Gasteiger partial charge in [0.1, 0.15) is 5.84 Å². The van der Waals surface area contributed by atoms with Crippen LogP contribution in [0.3, 0.4) is 0 Å². The van der Waals surface area contributed by atoms with Gasteiger partial charge in [-0.1, -0.05) is 46.9 Å². The Bertz CT molecular complexity index is 1080. The lowest BCUT2D eigenvalue weighted by atomic mass is 10.1. The molecule has 1 heterocycles. The molecular formula is C26H36N4S. The van der Waals surface area contributed by atoms with Crippen molar-refractivity contribution >= 4 is 46.4 Å². The van der Waals surface area contributed by atoms with Crippen molar-refractivity contribution in [1.82, 2.24) is 4.57 Å². The van der Waals surface area contributed by atoms with E-state index in [1.807, 2.05) is 83.0 Å². The van der Waals surface area contributed by atoms with Gasteiger partial charge in [0.25, 0.3) is 0 Å². The fourth-order valence-electron chi connectivity index (χ4n) is 3.33. The summed E-state index contributed by atoms with van der Waals surface area (Å²) in [5.41, 5.74) is 11.7. The van der Waals surface area contributed by atoms with E-state index in [0.29, 0.717) is 5.03 Å². The average Bonchev–Trinajstić information content (AvgIpc) is 3.20. The Hall–Kier alpha value is -2.92. The molecule has 1 aromatic heterocycles. The number of aromatic nitrogens is 1. The van der Waals surface area contributed by atoms with Crippen molar-refractivity contribution < 1.29 is 0 Å². The second kappa shape index (κ2) is 12.1. The molecule has 0 unspecified atom stereocenters. The fourth-order valence-corrected chi connectivity index (χ4v) is 3.54. The van der Waals surface area contributed by atoms with E-state index in [-0.39, 0.29) is 0 Å². The van der Waals surface area contributed by atoms with Crippen LogP contribution >= 0.6 is 12.6 Å². The highest BCUT2D eigenvalue weighted by Gasteiger charge is 2.21. The Morgan fingerprint density at radius 2 is 1.71 bits per heavy atom. The third kappa shape index (κ3) is 5.61. The number of thiol groups is 1.